The zero-order valence-corrected chi connectivity index (χ0v) is 6.92. The lowest BCUT2D eigenvalue weighted by atomic mass is 9.91. The third kappa shape index (κ3) is 2.77. The van der Waals surface area contributed by atoms with Crippen LogP contribution in [0.3, 0.4) is 0 Å². The monoisotopic (exact) mass is 158 g/mol. The minimum absolute atomic E-state index is 0.188. The topological polar surface area (TPSA) is 58.3 Å². The van der Waals surface area contributed by atoms with Crippen molar-refractivity contribution in [3.8, 4) is 0 Å². The number of hydrogen-bond donors (Lipinski definition) is 3. The summed E-state index contributed by atoms with van der Waals surface area (Å²) in [4.78, 5) is 0. The summed E-state index contributed by atoms with van der Waals surface area (Å²) in [6.45, 7) is 2.38. The first kappa shape index (κ1) is 8.97. The zero-order valence-electron chi connectivity index (χ0n) is 6.92. The van der Waals surface area contributed by atoms with Gasteiger partial charge in [0, 0.05) is 12.6 Å². The van der Waals surface area contributed by atoms with Crippen LogP contribution in [-0.4, -0.2) is 30.8 Å². The van der Waals surface area contributed by atoms with Crippen LogP contribution in [0.2, 0.25) is 0 Å². The van der Waals surface area contributed by atoms with Gasteiger partial charge in [-0.25, -0.2) is 0 Å². The number of piperidine rings is 1. The van der Waals surface area contributed by atoms with Gasteiger partial charge in [-0.05, 0) is 38.3 Å². The molecule has 2 atom stereocenters. The molecule has 1 heterocycles. The molecule has 11 heavy (non-hydrogen) atoms. The highest BCUT2D eigenvalue weighted by Gasteiger charge is 2.19. The lowest BCUT2D eigenvalue weighted by Crippen LogP contribution is -2.41. The van der Waals surface area contributed by atoms with E-state index in [0.717, 1.165) is 19.5 Å². The summed E-state index contributed by atoms with van der Waals surface area (Å²) in [5, 5.41) is 12.0. The quantitative estimate of drug-likeness (QED) is 0.528. The Morgan fingerprint density at radius 3 is 3.00 bits per heavy atom. The molecule has 1 saturated heterocycles. The number of rotatable bonds is 3. The average Bonchev–Trinajstić information content (AvgIpc) is 2.07. The Morgan fingerprint density at radius 1 is 1.64 bits per heavy atom. The van der Waals surface area contributed by atoms with Crippen molar-refractivity contribution in [3.05, 3.63) is 0 Å². The van der Waals surface area contributed by atoms with E-state index in [0.29, 0.717) is 5.92 Å². The molecule has 3 nitrogen and oxygen atoms in total. The molecule has 0 radical (unpaired) electrons. The van der Waals surface area contributed by atoms with E-state index in [9.17, 15) is 0 Å². The van der Waals surface area contributed by atoms with Crippen LogP contribution in [0.5, 0.6) is 0 Å². The second-order valence-electron chi connectivity index (χ2n) is 3.28. The van der Waals surface area contributed by atoms with Gasteiger partial charge in [-0.1, -0.05) is 0 Å². The molecule has 66 valence electrons. The summed E-state index contributed by atoms with van der Waals surface area (Å²) in [5.74, 6) is 0.580. The SMILES string of the molecule is N[C@H](CCO)[C@H]1CCCNC1. The Kier molecular flexibility index (Phi) is 3.83. The van der Waals surface area contributed by atoms with Crippen molar-refractivity contribution in [2.75, 3.05) is 19.7 Å². The van der Waals surface area contributed by atoms with Crippen LogP contribution >= 0.6 is 0 Å². The van der Waals surface area contributed by atoms with Gasteiger partial charge in [0.15, 0.2) is 0 Å². The van der Waals surface area contributed by atoms with Gasteiger partial charge < -0.3 is 16.2 Å². The fourth-order valence-electron chi connectivity index (χ4n) is 1.63. The van der Waals surface area contributed by atoms with Crippen LogP contribution < -0.4 is 11.1 Å². The van der Waals surface area contributed by atoms with E-state index < -0.39 is 0 Å². The summed E-state index contributed by atoms with van der Waals surface area (Å²) in [5.41, 5.74) is 5.86. The van der Waals surface area contributed by atoms with Crippen molar-refractivity contribution in [2.24, 2.45) is 11.7 Å². The minimum Gasteiger partial charge on any atom is -0.396 e. The van der Waals surface area contributed by atoms with E-state index in [4.69, 9.17) is 10.8 Å². The summed E-state index contributed by atoms with van der Waals surface area (Å²) >= 11 is 0. The number of aliphatic hydroxyl groups excluding tert-OH is 1. The summed E-state index contributed by atoms with van der Waals surface area (Å²) < 4.78 is 0. The molecule has 0 aromatic rings. The highest BCUT2D eigenvalue weighted by molar-refractivity contribution is 4.78. The van der Waals surface area contributed by atoms with Gasteiger partial charge >= 0.3 is 0 Å². The first-order valence-electron chi connectivity index (χ1n) is 4.41. The van der Waals surface area contributed by atoms with Gasteiger partial charge in [0.25, 0.3) is 0 Å². The van der Waals surface area contributed by atoms with E-state index in [1.54, 1.807) is 0 Å². The lowest BCUT2D eigenvalue weighted by Gasteiger charge is -2.27. The predicted octanol–water partition coefficient (Wildman–Crippen LogP) is -0.304. The normalized spacial score (nSPS) is 28.4. The number of nitrogens with one attached hydrogen (secondary N) is 1. The van der Waals surface area contributed by atoms with Crippen molar-refractivity contribution in [1.82, 2.24) is 5.32 Å². The molecule has 1 rings (SSSR count). The molecule has 3 heteroatoms. The standard InChI is InChI=1S/C8H18N2O/c9-8(3-5-11)7-2-1-4-10-6-7/h7-8,10-11H,1-6,9H2/t7-,8+/m0/s1. The zero-order chi connectivity index (χ0) is 8.10. The first-order chi connectivity index (χ1) is 5.34. The van der Waals surface area contributed by atoms with Gasteiger partial charge in [-0.2, -0.15) is 0 Å². The number of hydrogen-bond acceptors (Lipinski definition) is 3. The Balaban J connectivity index is 2.21. The molecule has 0 aromatic heterocycles. The molecule has 0 aliphatic carbocycles. The summed E-state index contributed by atoms with van der Waals surface area (Å²) in [6, 6.07) is 0.188. The Labute approximate surface area is 68.0 Å². The highest BCUT2D eigenvalue weighted by atomic mass is 16.3. The second kappa shape index (κ2) is 4.70. The van der Waals surface area contributed by atoms with E-state index in [1.165, 1.54) is 12.8 Å². The smallest absolute Gasteiger partial charge is 0.0445 e. The van der Waals surface area contributed by atoms with Gasteiger partial charge in [-0.15, -0.1) is 0 Å². The summed E-state index contributed by atoms with van der Waals surface area (Å²) in [7, 11) is 0. The van der Waals surface area contributed by atoms with Crippen LogP contribution in [-0.2, 0) is 0 Å². The molecule has 0 bridgehead atoms. The molecule has 0 unspecified atom stereocenters. The fraction of sp³-hybridized carbons (Fsp3) is 1.00. The maximum atomic E-state index is 8.67. The molecule has 0 saturated carbocycles. The maximum absolute atomic E-state index is 8.67. The second-order valence-corrected chi connectivity index (χ2v) is 3.28. The largest absolute Gasteiger partial charge is 0.396 e. The van der Waals surface area contributed by atoms with Crippen LogP contribution in [0.1, 0.15) is 19.3 Å². The maximum Gasteiger partial charge on any atom is 0.0445 e. The van der Waals surface area contributed by atoms with Crippen molar-refractivity contribution < 1.29 is 5.11 Å². The third-order valence-corrected chi connectivity index (χ3v) is 2.40. The van der Waals surface area contributed by atoms with Gasteiger partial charge in [-0.3, -0.25) is 0 Å². The van der Waals surface area contributed by atoms with E-state index in [1.807, 2.05) is 0 Å². The molecular weight excluding hydrogens is 140 g/mol. The number of aliphatic hydroxyl groups is 1. The Morgan fingerprint density at radius 2 is 2.45 bits per heavy atom. The van der Waals surface area contributed by atoms with Crippen molar-refractivity contribution in [3.63, 3.8) is 0 Å². The van der Waals surface area contributed by atoms with Crippen LogP contribution in [0.4, 0.5) is 0 Å². The third-order valence-electron chi connectivity index (χ3n) is 2.40. The average molecular weight is 158 g/mol. The molecular formula is C8H18N2O. The van der Waals surface area contributed by atoms with Crippen LogP contribution in [0.25, 0.3) is 0 Å². The first-order valence-corrected chi connectivity index (χ1v) is 4.41. The predicted molar refractivity (Wildman–Crippen MR) is 45.3 cm³/mol. The molecule has 0 spiro atoms. The molecule has 4 N–H and O–H groups in total. The fourth-order valence-corrected chi connectivity index (χ4v) is 1.63. The van der Waals surface area contributed by atoms with E-state index in [2.05, 4.69) is 5.32 Å². The summed E-state index contributed by atoms with van der Waals surface area (Å²) in [6.07, 6.45) is 3.18. The minimum atomic E-state index is 0.188. The highest BCUT2D eigenvalue weighted by Crippen LogP contribution is 2.14. The number of nitrogens with two attached hydrogens (primary N) is 1. The van der Waals surface area contributed by atoms with Crippen molar-refractivity contribution in [2.45, 2.75) is 25.3 Å². The van der Waals surface area contributed by atoms with Gasteiger partial charge in [0.05, 0.1) is 0 Å². The molecule has 1 aliphatic rings. The van der Waals surface area contributed by atoms with Crippen LogP contribution in [0, 0.1) is 5.92 Å². The Hall–Kier alpha value is -0.120. The van der Waals surface area contributed by atoms with Gasteiger partial charge in [0.1, 0.15) is 0 Å². The van der Waals surface area contributed by atoms with Crippen molar-refractivity contribution in [1.29, 1.82) is 0 Å². The molecule has 1 fully saturated rings. The lowest BCUT2D eigenvalue weighted by molar-refractivity contribution is 0.237. The molecule has 0 amide bonds. The van der Waals surface area contributed by atoms with Crippen molar-refractivity contribution >= 4 is 0 Å². The molecule has 0 aromatic carbocycles. The Bertz CT molecular complexity index is 102. The molecule has 1 aliphatic heterocycles. The van der Waals surface area contributed by atoms with E-state index >= 15 is 0 Å². The van der Waals surface area contributed by atoms with Gasteiger partial charge in [0.2, 0.25) is 0 Å². The van der Waals surface area contributed by atoms with E-state index in [-0.39, 0.29) is 12.6 Å². The van der Waals surface area contributed by atoms with Crippen LogP contribution in [0.15, 0.2) is 0 Å².